The Kier molecular flexibility index (Phi) is 5.66. The number of benzene rings is 2. The van der Waals surface area contributed by atoms with E-state index in [9.17, 15) is 10.1 Å². The van der Waals surface area contributed by atoms with Crippen LogP contribution in [0.1, 0.15) is 11.3 Å². The average molecular weight is 440 g/mol. The van der Waals surface area contributed by atoms with Crippen molar-refractivity contribution in [1.82, 2.24) is 4.57 Å². The lowest BCUT2D eigenvalue weighted by Crippen LogP contribution is -2.13. The number of hydrogen-bond donors (Lipinski definition) is 1. The van der Waals surface area contributed by atoms with Gasteiger partial charge in [-0.15, -0.1) is 0 Å². The fraction of sp³-hybridized carbons (Fsp3) is 0.0909. The van der Waals surface area contributed by atoms with Crippen molar-refractivity contribution in [2.45, 2.75) is 6.54 Å². The summed E-state index contributed by atoms with van der Waals surface area (Å²) >= 11 is 12.2. The Morgan fingerprint density at radius 3 is 2.80 bits per heavy atom. The van der Waals surface area contributed by atoms with Crippen LogP contribution in [0.15, 0.2) is 60.3 Å². The van der Waals surface area contributed by atoms with Crippen LogP contribution in [0.4, 0.5) is 5.69 Å². The van der Waals surface area contributed by atoms with E-state index in [1.807, 2.05) is 35.0 Å². The molecule has 1 aliphatic heterocycles. The third-order valence-corrected chi connectivity index (χ3v) is 5.10. The van der Waals surface area contributed by atoms with Gasteiger partial charge in [-0.1, -0.05) is 29.3 Å². The molecule has 0 unspecified atom stereocenters. The zero-order valence-corrected chi connectivity index (χ0v) is 17.1. The molecule has 6 nitrogen and oxygen atoms in total. The number of anilines is 1. The molecule has 4 rings (SSSR count). The number of carbonyl (C=O) groups excluding carboxylic acids is 1. The minimum Gasteiger partial charge on any atom is -0.454 e. The topological polar surface area (TPSA) is 76.3 Å². The first-order valence-corrected chi connectivity index (χ1v) is 9.71. The summed E-state index contributed by atoms with van der Waals surface area (Å²) in [7, 11) is 0. The van der Waals surface area contributed by atoms with Gasteiger partial charge in [0, 0.05) is 40.2 Å². The molecule has 0 fully saturated rings. The molecular formula is C22H15Cl2N3O3. The first-order chi connectivity index (χ1) is 14.5. The van der Waals surface area contributed by atoms with Crippen LogP contribution in [0.3, 0.4) is 0 Å². The van der Waals surface area contributed by atoms with Crippen LogP contribution in [0.25, 0.3) is 6.08 Å². The van der Waals surface area contributed by atoms with Crippen LogP contribution >= 0.6 is 23.2 Å². The Bertz CT molecular complexity index is 1190. The Morgan fingerprint density at radius 2 is 2.00 bits per heavy atom. The number of rotatable bonds is 5. The molecule has 30 heavy (non-hydrogen) atoms. The predicted octanol–water partition coefficient (Wildman–Crippen LogP) is 5.12. The van der Waals surface area contributed by atoms with E-state index in [2.05, 4.69) is 5.32 Å². The zero-order valence-electron chi connectivity index (χ0n) is 15.6. The van der Waals surface area contributed by atoms with E-state index in [1.54, 1.807) is 30.3 Å². The highest BCUT2D eigenvalue weighted by Gasteiger charge is 2.16. The number of nitrogens with zero attached hydrogens (tertiary/aromatic N) is 2. The summed E-state index contributed by atoms with van der Waals surface area (Å²) in [4.78, 5) is 12.6. The highest BCUT2D eigenvalue weighted by atomic mass is 35.5. The van der Waals surface area contributed by atoms with E-state index in [0.29, 0.717) is 39.5 Å². The summed E-state index contributed by atoms with van der Waals surface area (Å²) in [6.07, 6.45) is 3.38. The smallest absolute Gasteiger partial charge is 0.266 e. The van der Waals surface area contributed by atoms with Gasteiger partial charge >= 0.3 is 0 Å². The molecule has 0 aliphatic carbocycles. The molecule has 1 amide bonds. The van der Waals surface area contributed by atoms with Crippen LogP contribution in [-0.2, 0) is 11.3 Å². The number of ether oxygens (including phenoxy) is 2. The average Bonchev–Trinajstić information content (AvgIpc) is 3.36. The zero-order chi connectivity index (χ0) is 21.1. The standard InChI is InChI=1S/C22H15Cl2N3O3/c23-16-4-3-14(19(24)9-16)12-27-7-1-2-18(27)8-15(11-25)22(28)26-17-5-6-20-21(10-17)30-13-29-20/h1-10H,12-13H2,(H,26,28)/b15-8+. The van der Waals surface area contributed by atoms with Crippen molar-refractivity contribution in [2.75, 3.05) is 12.1 Å². The SMILES string of the molecule is N#C/C(=C\c1cccn1Cc1ccc(Cl)cc1Cl)C(=O)Nc1ccc2c(c1)OCO2. The molecule has 0 saturated carbocycles. The number of fused-ring (bicyclic) bond motifs is 1. The fourth-order valence-electron chi connectivity index (χ4n) is 3.00. The van der Waals surface area contributed by atoms with Gasteiger partial charge in [-0.25, -0.2) is 0 Å². The highest BCUT2D eigenvalue weighted by molar-refractivity contribution is 6.35. The molecule has 0 spiro atoms. The van der Waals surface area contributed by atoms with Gasteiger partial charge in [-0.3, -0.25) is 4.79 Å². The maximum absolute atomic E-state index is 12.6. The van der Waals surface area contributed by atoms with Gasteiger partial charge in [0.15, 0.2) is 11.5 Å². The number of nitriles is 1. The number of hydrogen-bond acceptors (Lipinski definition) is 4. The van der Waals surface area contributed by atoms with Crippen LogP contribution in [0.2, 0.25) is 10.0 Å². The molecule has 150 valence electrons. The molecule has 1 aromatic heterocycles. The maximum atomic E-state index is 12.6. The number of carbonyl (C=O) groups is 1. The largest absolute Gasteiger partial charge is 0.454 e. The number of amides is 1. The highest BCUT2D eigenvalue weighted by Crippen LogP contribution is 2.34. The second-order valence-corrected chi connectivity index (χ2v) is 7.33. The van der Waals surface area contributed by atoms with Gasteiger partial charge in [0.1, 0.15) is 11.6 Å². The molecule has 3 aromatic rings. The second kappa shape index (κ2) is 8.54. The molecule has 0 bridgehead atoms. The van der Waals surface area contributed by atoms with Crippen LogP contribution < -0.4 is 14.8 Å². The molecule has 2 heterocycles. The van der Waals surface area contributed by atoms with E-state index >= 15 is 0 Å². The van der Waals surface area contributed by atoms with Gasteiger partial charge in [0.25, 0.3) is 5.91 Å². The van der Waals surface area contributed by atoms with Crippen LogP contribution in [0.5, 0.6) is 11.5 Å². The normalized spacial score (nSPS) is 12.5. The van der Waals surface area contributed by atoms with E-state index in [4.69, 9.17) is 32.7 Å². The first kappa shape index (κ1) is 19.9. The van der Waals surface area contributed by atoms with Gasteiger partial charge in [-0.2, -0.15) is 5.26 Å². The quantitative estimate of drug-likeness (QED) is 0.442. The van der Waals surface area contributed by atoms with Crippen LogP contribution in [-0.4, -0.2) is 17.3 Å². The van der Waals surface area contributed by atoms with E-state index in [1.165, 1.54) is 6.08 Å². The number of halogens is 2. The molecule has 1 N–H and O–H groups in total. The van der Waals surface area contributed by atoms with E-state index in [0.717, 1.165) is 5.56 Å². The van der Waals surface area contributed by atoms with Crippen molar-refractivity contribution in [2.24, 2.45) is 0 Å². The van der Waals surface area contributed by atoms with Gasteiger partial charge in [0.05, 0.1) is 0 Å². The van der Waals surface area contributed by atoms with E-state index < -0.39 is 5.91 Å². The third-order valence-electron chi connectivity index (χ3n) is 4.51. The summed E-state index contributed by atoms with van der Waals surface area (Å²) in [5.41, 5.74) is 2.04. The van der Waals surface area contributed by atoms with Gasteiger partial charge < -0.3 is 19.4 Å². The lowest BCUT2D eigenvalue weighted by molar-refractivity contribution is -0.112. The van der Waals surface area contributed by atoms with Crippen molar-refractivity contribution >= 4 is 40.9 Å². The number of aromatic nitrogens is 1. The summed E-state index contributed by atoms with van der Waals surface area (Å²) in [6.45, 7) is 0.613. The molecule has 0 radical (unpaired) electrons. The molecule has 1 aliphatic rings. The lowest BCUT2D eigenvalue weighted by atomic mass is 10.2. The summed E-state index contributed by atoms with van der Waals surface area (Å²) in [5.74, 6) is 0.639. The second-order valence-electron chi connectivity index (χ2n) is 6.49. The monoisotopic (exact) mass is 439 g/mol. The summed E-state index contributed by atoms with van der Waals surface area (Å²) in [6, 6.07) is 15.9. The van der Waals surface area contributed by atoms with Crippen molar-refractivity contribution in [1.29, 1.82) is 5.26 Å². The van der Waals surface area contributed by atoms with Crippen molar-refractivity contribution in [3.63, 3.8) is 0 Å². The van der Waals surface area contributed by atoms with Crippen molar-refractivity contribution in [3.8, 4) is 17.6 Å². The van der Waals surface area contributed by atoms with Gasteiger partial charge in [-0.05, 0) is 48.0 Å². The van der Waals surface area contributed by atoms with Gasteiger partial charge in [0.2, 0.25) is 6.79 Å². The van der Waals surface area contributed by atoms with Crippen molar-refractivity contribution < 1.29 is 14.3 Å². The van der Waals surface area contributed by atoms with Crippen molar-refractivity contribution in [3.05, 3.63) is 81.6 Å². The summed E-state index contributed by atoms with van der Waals surface area (Å²) < 4.78 is 12.5. The lowest BCUT2D eigenvalue weighted by Gasteiger charge is -2.10. The Morgan fingerprint density at radius 1 is 1.17 bits per heavy atom. The third kappa shape index (κ3) is 4.28. The minimum absolute atomic E-state index is 0.0326. The number of nitrogens with one attached hydrogen (secondary N) is 1. The maximum Gasteiger partial charge on any atom is 0.266 e. The van der Waals surface area contributed by atoms with E-state index in [-0.39, 0.29) is 12.4 Å². The predicted molar refractivity (Wildman–Crippen MR) is 115 cm³/mol. The van der Waals surface area contributed by atoms with Crippen LogP contribution in [0, 0.1) is 11.3 Å². The molecular weight excluding hydrogens is 425 g/mol. The fourth-order valence-corrected chi connectivity index (χ4v) is 3.47. The molecule has 0 atom stereocenters. The Balaban J connectivity index is 1.54. The summed E-state index contributed by atoms with van der Waals surface area (Å²) in [5, 5.41) is 13.3. The minimum atomic E-state index is -0.520. The Hall–Kier alpha value is -3.40. The first-order valence-electron chi connectivity index (χ1n) is 8.95. The Labute approximate surface area is 182 Å². The molecule has 0 saturated heterocycles. The molecule has 2 aromatic carbocycles. The molecule has 8 heteroatoms.